The fourth-order valence-corrected chi connectivity index (χ4v) is 3.33. The van der Waals surface area contributed by atoms with Gasteiger partial charge in [-0.3, -0.25) is 0 Å². The molecule has 0 bridgehead atoms. The number of aliphatic hydroxyl groups is 2. The van der Waals surface area contributed by atoms with Gasteiger partial charge in [0, 0.05) is 12.6 Å². The minimum absolute atomic E-state index is 0.200. The monoisotopic (exact) mass is 286 g/mol. The fraction of sp³-hybridized carbons (Fsp3) is 0.429. The summed E-state index contributed by atoms with van der Waals surface area (Å²) in [6.07, 6.45) is 7.29. The van der Waals surface area contributed by atoms with Crippen LogP contribution in [-0.4, -0.2) is 42.1 Å². The van der Waals surface area contributed by atoms with Gasteiger partial charge in [-0.15, -0.1) is 6.42 Å². The summed E-state index contributed by atoms with van der Waals surface area (Å²) in [5, 5.41) is 20.9. The van der Waals surface area contributed by atoms with Crippen LogP contribution in [0.3, 0.4) is 0 Å². The van der Waals surface area contributed by atoms with Crippen LogP contribution in [0.5, 0.6) is 0 Å². The highest BCUT2D eigenvalue weighted by Gasteiger charge is 2.83. The number of aromatic nitrogens is 3. The first-order valence-electron chi connectivity index (χ1n) is 6.58. The highest BCUT2D eigenvalue weighted by Crippen LogP contribution is 2.62. The van der Waals surface area contributed by atoms with Crippen molar-refractivity contribution in [1.82, 2.24) is 14.5 Å². The number of nitrogen functional groups attached to an aromatic ring is 1. The summed E-state index contributed by atoms with van der Waals surface area (Å²) in [4.78, 5) is 8.21. The number of nitrogens with two attached hydrogens (primary N) is 1. The van der Waals surface area contributed by atoms with Crippen molar-refractivity contribution in [3.63, 3.8) is 0 Å². The minimum atomic E-state index is -1.39. The van der Waals surface area contributed by atoms with E-state index in [2.05, 4.69) is 15.9 Å². The number of rotatable bonds is 1. The normalized spacial score (nSPS) is 37.4. The number of hydrogen-bond acceptors (Lipinski definition) is 6. The molecule has 7 heteroatoms. The summed E-state index contributed by atoms with van der Waals surface area (Å²) < 4.78 is 7.54. The molecule has 21 heavy (non-hydrogen) atoms. The quantitative estimate of drug-likeness (QED) is 0.622. The van der Waals surface area contributed by atoms with Crippen LogP contribution in [0.1, 0.15) is 18.2 Å². The summed E-state index contributed by atoms with van der Waals surface area (Å²) >= 11 is 0. The SMILES string of the molecule is C#C[C@]12O[C@@H](n3cc(C)c4c(N)ncnc43)C[C@@]1(O)C2O. The summed E-state index contributed by atoms with van der Waals surface area (Å²) in [6, 6.07) is 0. The van der Waals surface area contributed by atoms with Crippen molar-refractivity contribution >= 4 is 16.9 Å². The number of hydrogen-bond donors (Lipinski definition) is 3. The first-order valence-corrected chi connectivity index (χ1v) is 6.58. The Kier molecular flexibility index (Phi) is 2.12. The molecular formula is C14H14N4O3. The lowest BCUT2D eigenvalue weighted by Crippen LogP contribution is -2.20. The Morgan fingerprint density at radius 1 is 1.57 bits per heavy atom. The van der Waals surface area contributed by atoms with Gasteiger partial charge in [-0.1, -0.05) is 5.92 Å². The highest BCUT2D eigenvalue weighted by molar-refractivity contribution is 5.89. The van der Waals surface area contributed by atoms with E-state index in [1.807, 2.05) is 13.1 Å². The van der Waals surface area contributed by atoms with Crippen molar-refractivity contribution in [3.8, 4) is 12.3 Å². The van der Waals surface area contributed by atoms with Crippen molar-refractivity contribution in [2.75, 3.05) is 5.73 Å². The van der Waals surface area contributed by atoms with E-state index in [4.69, 9.17) is 16.9 Å². The van der Waals surface area contributed by atoms with Gasteiger partial charge in [0.2, 0.25) is 0 Å². The number of aryl methyl sites for hydroxylation is 1. The number of terminal acetylenes is 1. The smallest absolute Gasteiger partial charge is 0.190 e. The van der Waals surface area contributed by atoms with E-state index in [0.717, 1.165) is 10.9 Å². The molecule has 1 unspecified atom stereocenters. The molecule has 0 amide bonds. The second kappa shape index (κ2) is 3.54. The second-order valence-corrected chi connectivity index (χ2v) is 5.66. The lowest BCUT2D eigenvalue weighted by molar-refractivity contribution is -0.0377. The highest BCUT2D eigenvalue weighted by atomic mass is 16.6. The number of nitrogens with zero attached hydrogens (tertiary/aromatic N) is 3. The van der Waals surface area contributed by atoms with E-state index in [0.29, 0.717) is 11.5 Å². The minimum Gasteiger partial charge on any atom is -0.386 e. The van der Waals surface area contributed by atoms with Gasteiger partial charge in [0.05, 0.1) is 5.39 Å². The van der Waals surface area contributed by atoms with Gasteiger partial charge >= 0.3 is 0 Å². The predicted molar refractivity (Wildman–Crippen MR) is 73.9 cm³/mol. The number of aliphatic hydroxyl groups excluding tert-OH is 1. The molecular weight excluding hydrogens is 272 g/mol. The maximum absolute atomic E-state index is 10.4. The third-order valence-corrected chi connectivity index (χ3v) is 4.56. The Morgan fingerprint density at radius 2 is 2.33 bits per heavy atom. The maximum Gasteiger partial charge on any atom is 0.190 e. The van der Waals surface area contributed by atoms with Crippen LogP contribution < -0.4 is 5.73 Å². The molecule has 4 rings (SSSR count). The molecule has 2 aromatic heterocycles. The molecule has 0 spiro atoms. The molecule has 7 nitrogen and oxygen atoms in total. The van der Waals surface area contributed by atoms with Gasteiger partial charge in [0.25, 0.3) is 0 Å². The van der Waals surface area contributed by atoms with Crippen LogP contribution in [0.2, 0.25) is 0 Å². The summed E-state index contributed by atoms with van der Waals surface area (Å²) in [7, 11) is 0. The van der Waals surface area contributed by atoms with Crippen molar-refractivity contribution in [3.05, 3.63) is 18.1 Å². The number of ether oxygens (including phenoxy) is 1. The Morgan fingerprint density at radius 3 is 3.00 bits per heavy atom. The molecule has 2 aliphatic rings. The average molecular weight is 286 g/mol. The van der Waals surface area contributed by atoms with Crippen molar-refractivity contribution in [1.29, 1.82) is 0 Å². The Hall–Kier alpha value is -2.14. The largest absolute Gasteiger partial charge is 0.386 e. The fourth-order valence-electron chi connectivity index (χ4n) is 3.33. The number of fused-ring (bicyclic) bond motifs is 2. The van der Waals surface area contributed by atoms with Crippen molar-refractivity contribution in [2.45, 2.75) is 36.9 Å². The lowest BCUT2D eigenvalue weighted by atomic mass is 10.2. The molecule has 3 heterocycles. The zero-order valence-electron chi connectivity index (χ0n) is 11.3. The van der Waals surface area contributed by atoms with Crippen LogP contribution in [0, 0.1) is 19.3 Å². The van der Waals surface area contributed by atoms with Crippen LogP contribution in [0.4, 0.5) is 5.82 Å². The zero-order valence-corrected chi connectivity index (χ0v) is 11.3. The van der Waals surface area contributed by atoms with Gasteiger partial charge in [-0.05, 0) is 12.5 Å². The van der Waals surface area contributed by atoms with Gasteiger partial charge in [0.15, 0.2) is 5.60 Å². The molecule has 4 N–H and O–H groups in total. The Bertz CT molecular complexity index is 810. The molecule has 2 aromatic rings. The Balaban J connectivity index is 1.81. The van der Waals surface area contributed by atoms with Crippen LogP contribution in [-0.2, 0) is 4.74 Å². The third kappa shape index (κ3) is 1.25. The van der Waals surface area contributed by atoms with Crippen LogP contribution in [0.25, 0.3) is 11.0 Å². The predicted octanol–water partition coefficient (Wildman–Crippen LogP) is -0.282. The average Bonchev–Trinajstić information content (AvgIpc) is 2.79. The van der Waals surface area contributed by atoms with E-state index in [1.54, 1.807) is 4.57 Å². The van der Waals surface area contributed by atoms with E-state index in [-0.39, 0.29) is 6.42 Å². The van der Waals surface area contributed by atoms with Crippen molar-refractivity contribution in [2.24, 2.45) is 0 Å². The van der Waals surface area contributed by atoms with Crippen LogP contribution >= 0.6 is 0 Å². The molecule has 2 fully saturated rings. The molecule has 0 aromatic carbocycles. The van der Waals surface area contributed by atoms with E-state index >= 15 is 0 Å². The topological polar surface area (TPSA) is 106 Å². The van der Waals surface area contributed by atoms with E-state index in [1.165, 1.54) is 6.33 Å². The molecule has 1 saturated carbocycles. The molecule has 1 saturated heterocycles. The second-order valence-electron chi connectivity index (χ2n) is 5.66. The summed E-state index contributed by atoms with van der Waals surface area (Å²) in [5.74, 6) is 2.77. The standard InChI is InChI=1S/C14H14N4O3/c1-3-14-12(19)13(14,20)4-8(21-14)18-5-7(2)9-10(15)16-6-17-11(9)18/h1,5-6,8,12,19-20H,4H2,2H3,(H2,15,16,17)/t8-,12?,13-,14-/m1/s1. The summed E-state index contributed by atoms with van der Waals surface area (Å²) in [6.45, 7) is 1.90. The number of anilines is 1. The first-order chi connectivity index (χ1) is 9.94. The maximum atomic E-state index is 10.4. The molecule has 0 radical (unpaired) electrons. The van der Waals surface area contributed by atoms with Gasteiger partial charge < -0.3 is 25.3 Å². The lowest BCUT2D eigenvalue weighted by Gasteiger charge is -2.18. The molecule has 1 aliphatic heterocycles. The van der Waals surface area contributed by atoms with E-state index in [9.17, 15) is 10.2 Å². The molecule has 4 atom stereocenters. The third-order valence-electron chi connectivity index (χ3n) is 4.56. The van der Waals surface area contributed by atoms with Gasteiger partial charge in [-0.25, -0.2) is 9.97 Å². The summed E-state index contributed by atoms with van der Waals surface area (Å²) in [5.41, 5.74) is 4.70. The van der Waals surface area contributed by atoms with E-state index < -0.39 is 23.5 Å². The van der Waals surface area contributed by atoms with Crippen LogP contribution in [0.15, 0.2) is 12.5 Å². The Labute approximate surface area is 120 Å². The first kappa shape index (κ1) is 12.6. The van der Waals surface area contributed by atoms with Gasteiger partial charge in [-0.2, -0.15) is 0 Å². The molecule has 108 valence electrons. The zero-order chi connectivity index (χ0) is 15.0. The van der Waals surface area contributed by atoms with Gasteiger partial charge in [0.1, 0.15) is 35.7 Å². The molecule has 1 aliphatic carbocycles. The van der Waals surface area contributed by atoms with Crippen molar-refractivity contribution < 1.29 is 14.9 Å².